The van der Waals surface area contributed by atoms with Crippen molar-refractivity contribution in [3.63, 3.8) is 0 Å². The molecule has 3 aromatic rings. The van der Waals surface area contributed by atoms with Crippen LogP contribution in [0.1, 0.15) is 5.69 Å². The van der Waals surface area contributed by atoms with Gasteiger partial charge in [0.2, 0.25) is 18.2 Å². The lowest BCUT2D eigenvalue weighted by molar-refractivity contribution is -0.384. The van der Waals surface area contributed by atoms with Gasteiger partial charge in [-0.2, -0.15) is 4.73 Å². The molecular weight excluding hydrogens is 308 g/mol. The monoisotopic (exact) mass is 318 g/mol. The van der Waals surface area contributed by atoms with E-state index in [-0.39, 0.29) is 22.8 Å². The molecule has 0 unspecified atom stereocenters. The molecule has 0 spiro atoms. The first-order valence-corrected chi connectivity index (χ1v) is 6.41. The van der Waals surface area contributed by atoms with E-state index in [1.165, 1.54) is 18.2 Å². The lowest BCUT2D eigenvalue weighted by atomic mass is 10.3. The Labute approximate surface area is 128 Å². The SMILES string of the molecule is Cc1cc(-c2nc3ccc([N+](=O)[O-])cc3n2OCC(=O)O)on1. The minimum absolute atomic E-state index is 0.169. The van der Waals surface area contributed by atoms with Crippen LogP contribution in [0.4, 0.5) is 5.69 Å². The standard InChI is InChI=1S/C13H10N4O6/c1-7-4-11(23-15-7)13-14-9-3-2-8(17(20)21)5-10(9)16(13)22-6-12(18)19/h2-5H,6H2,1H3,(H,18,19). The van der Waals surface area contributed by atoms with Crippen LogP contribution in [-0.4, -0.2) is 37.5 Å². The highest BCUT2D eigenvalue weighted by atomic mass is 16.7. The van der Waals surface area contributed by atoms with Gasteiger partial charge in [0.1, 0.15) is 5.52 Å². The Morgan fingerprint density at radius 1 is 1.48 bits per heavy atom. The third-order valence-corrected chi connectivity index (χ3v) is 2.97. The zero-order valence-electron chi connectivity index (χ0n) is 11.8. The summed E-state index contributed by atoms with van der Waals surface area (Å²) >= 11 is 0. The Kier molecular flexibility index (Phi) is 3.41. The normalized spacial score (nSPS) is 10.8. The molecule has 118 valence electrons. The number of hydrogen-bond donors (Lipinski definition) is 1. The number of nitro groups is 1. The van der Waals surface area contributed by atoms with E-state index >= 15 is 0 Å². The Balaban J connectivity index is 2.19. The molecule has 10 nitrogen and oxygen atoms in total. The highest BCUT2D eigenvalue weighted by Gasteiger charge is 2.20. The van der Waals surface area contributed by atoms with Crippen LogP contribution in [0.15, 0.2) is 28.8 Å². The maximum atomic E-state index is 10.9. The van der Waals surface area contributed by atoms with Crippen molar-refractivity contribution in [2.24, 2.45) is 0 Å². The number of carbonyl (C=O) groups is 1. The van der Waals surface area contributed by atoms with Crippen LogP contribution in [0, 0.1) is 17.0 Å². The smallest absolute Gasteiger partial charge is 0.344 e. The molecule has 0 aliphatic rings. The first-order valence-electron chi connectivity index (χ1n) is 6.41. The molecule has 3 rings (SSSR count). The third-order valence-electron chi connectivity index (χ3n) is 2.97. The Hall–Kier alpha value is -3.43. The second-order valence-electron chi connectivity index (χ2n) is 4.66. The Morgan fingerprint density at radius 2 is 2.26 bits per heavy atom. The third kappa shape index (κ3) is 2.69. The van der Waals surface area contributed by atoms with Crippen molar-refractivity contribution in [2.75, 3.05) is 6.61 Å². The molecule has 1 aromatic carbocycles. The second kappa shape index (κ2) is 5.40. The molecule has 0 aliphatic heterocycles. The van der Waals surface area contributed by atoms with Crippen LogP contribution in [0.2, 0.25) is 0 Å². The molecule has 10 heteroatoms. The maximum Gasteiger partial charge on any atom is 0.344 e. The van der Waals surface area contributed by atoms with Gasteiger partial charge in [0, 0.05) is 18.2 Å². The van der Waals surface area contributed by atoms with Gasteiger partial charge in [0.05, 0.1) is 16.1 Å². The van der Waals surface area contributed by atoms with E-state index in [1.54, 1.807) is 13.0 Å². The number of carboxylic acid groups (broad SMARTS) is 1. The number of aromatic nitrogens is 3. The minimum Gasteiger partial charge on any atom is -0.479 e. The van der Waals surface area contributed by atoms with Gasteiger partial charge in [-0.05, 0) is 13.0 Å². The van der Waals surface area contributed by atoms with Crippen LogP contribution in [-0.2, 0) is 4.79 Å². The number of aliphatic carboxylic acids is 1. The minimum atomic E-state index is -1.20. The van der Waals surface area contributed by atoms with E-state index in [2.05, 4.69) is 10.1 Å². The molecule has 0 radical (unpaired) electrons. The van der Waals surface area contributed by atoms with E-state index in [0.29, 0.717) is 11.2 Å². The number of carboxylic acids is 1. The number of nitro benzene ring substituents is 1. The van der Waals surface area contributed by atoms with Crippen molar-refractivity contribution < 1.29 is 24.2 Å². The fraction of sp³-hybridized carbons (Fsp3) is 0.154. The summed E-state index contributed by atoms with van der Waals surface area (Å²) in [4.78, 5) is 30.6. The summed E-state index contributed by atoms with van der Waals surface area (Å²) < 4.78 is 6.20. The number of nitrogens with zero attached hydrogens (tertiary/aromatic N) is 4. The summed E-state index contributed by atoms with van der Waals surface area (Å²) in [6.07, 6.45) is 0. The molecule has 23 heavy (non-hydrogen) atoms. The van der Waals surface area contributed by atoms with Crippen molar-refractivity contribution in [1.29, 1.82) is 0 Å². The Bertz CT molecular complexity index is 912. The van der Waals surface area contributed by atoms with Crippen LogP contribution in [0.3, 0.4) is 0 Å². The molecule has 0 aliphatic carbocycles. The van der Waals surface area contributed by atoms with Crippen molar-refractivity contribution in [1.82, 2.24) is 14.9 Å². The number of aryl methyl sites for hydroxylation is 1. The summed E-state index contributed by atoms with van der Waals surface area (Å²) in [5.41, 5.74) is 1.08. The second-order valence-corrected chi connectivity index (χ2v) is 4.66. The molecule has 0 fully saturated rings. The van der Waals surface area contributed by atoms with Crippen LogP contribution < -0.4 is 4.84 Å². The van der Waals surface area contributed by atoms with Crippen LogP contribution in [0.5, 0.6) is 0 Å². The predicted octanol–water partition coefficient (Wildman–Crippen LogP) is 1.42. The van der Waals surface area contributed by atoms with Crippen molar-refractivity contribution in [3.8, 4) is 11.6 Å². The van der Waals surface area contributed by atoms with Crippen LogP contribution >= 0.6 is 0 Å². The lowest BCUT2D eigenvalue weighted by Crippen LogP contribution is -2.20. The fourth-order valence-corrected chi connectivity index (χ4v) is 2.03. The summed E-state index contributed by atoms with van der Waals surface area (Å²) in [6, 6.07) is 5.58. The molecule has 2 aromatic heterocycles. The van der Waals surface area contributed by atoms with Gasteiger partial charge in [-0.25, -0.2) is 9.78 Å². The lowest BCUT2D eigenvalue weighted by Gasteiger charge is -2.07. The van der Waals surface area contributed by atoms with Crippen LogP contribution in [0.25, 0.3) is 22.6 Å². The largest absolute Gasteiger partial charge is 0.479 e. The topological polar surface area (TPSA) is 134 Å². The summed E-state index contributed by atoms with van der Waals surface area (Å²) in [6.45, 7) is 1.07. The van der Waals surface area contributed by atoms with Crippen molar-refractivity contribution in [2.45, 2.75) is 6.92 Å². The van der Waals surface area contributed by atoms with Crippen molar-refractivity contribution in [3.05, 3.63) is 40.1 Å². The number of imidazole rings is 1. The number of benzene rings is 1. The van der Waals surface area contributed by atoms with E-state index in [0.717, 1.165) is 4.73 Å². The van der Waals surface area contributed by atoms with E-state index in [4.69, 9.17) is 14.5 Å². The summed E-state index contributed by atoms with van der Waals surface area (Å²) in [7, 11) is 0. The predicted molar refractivity (Wildman–Crippen MR) is 75.7 cm³/mol. The van der Waals surface area contributed by atoms with Gasteiger partial charge in [0.25, 0.3) is 5.69 Å². The quantitative estimate of drug-likeness (QED) is 0.551. The molecule has 0 amide bonds. The number of rotatable bonds is 5. The van der Waals surface area contributed by atoms with Gasteiger partial charge in [-0.1, -0.05) is 5.16 Å². The first-order chi connectivity index (χ1) is 11.0. The number of hydrogen-bond acceptors (Lipinski definition) is 7. The first kappa shape index (κ1) is 14.5. The highest BCUT2D eigenvalue weighted by molar-refractivity contribution is 5.81. The van der Waals surface area contributed by atoms with Gasteiger partial charge < -0.3 is 14.5 Å². The summed E-state index contributed by atoms with van der Waals surface area (Å²) in [5, 5.41) is 23.4. The number of non-ortho nitro benzene ring substituents is 1. The highest BCUT2D eigenvalue weighted by Crippen LogP contribution is 2.27. The molecule has 0 saturated carbocycles. The average Bonchev–Trinajstić information content (AvgIpc) is 3.07. The Morgan fingerprint density at radius 3 is 2.87 bits per heavy atom. The average molecular weight is 318 g/mol. The zero-order valence-corrected chi connectivity index (χ0v) is 11.8. The zero-order chi connectivity index (χ0) is 16.6. The molecule has 0 saturated heterocycles. The van der Waals surface area contributed by atoms with Gasteiger partial charge in [-0.15, -0.1) is 0 Å². The van der Waals surface area contributed by atoms with E-state index in [1.807, 2.05) is 0 Å². The molecule has 2 heterocycles. The molecule has 0 atom stereocenters. The molecule has 1 N–H and O–H groups in total. The fourth-order valence-electron chi connectivity index (χ4n) is 2.03. The maximum absolute atomic E-state index is 10.9. The number of fused-ring (bicyclic) bond motifs is 1. The molecule has 0 bridgehead atoms. The van der Waals surface area contributed by atoms with E-state index < -0.39 is 17.5 Å². The van der Waals surface area contributed by atoms with E-state index in [9.17, 15) is 14.9 Å². The summed E-state index contributed by atoms with van der Waals surface area (Å²) in [5.74, 6) is -0.772. The van der Waals surface area contributed by atoms with Crippen molar-refractivity contribution >= 4 is 22.7 Å². The van der Waals surface area contributed by atoms with Gasteiger partial charge in [0.15, 0.2) is 0 Å². The van der Waals surface area contributed by atoms with Gasteiger partial charge in [-0.3, -0.25) is 10.1 Å². The van der Waals surface area contributed by atoms with Gasteiger partial charge >= 0.3 is 5.97 Å². The molecular formula is C13H10N4O6.